The van der Waals surface area contributed by atoms with Crippen LogP contribution in [-0.2, 0) is 0 Å². The first kappa shape index (κ1) is 21.3. The maximum absolute atomic E-state index is 13.0. The minimum atomic E-state index is -0.330. The van der Waals surface area contributed by atoms with Crippen LogP contribution in [0.1, 0.15) is 43.9 Å². The Hall–Kier alpha value is -2.97. The van der Waals surface area contributed by atoms with Gasteiger partial charge < -0.3 is 15.0 Å². The number of hydrogen-bond acceptors (Lipinski definition) is 6. The van der Waals surface area contributed by atoms with Crippen LogP contribution in [0, 0.1) is 0 Å². The maximum Gasteiger partial charge on any atom is 0.286 e. The number of para-hydroxylation sites is 1. The highest BCUT2D eigenvalue weighted by Gasteiger charge is 2.29. The monoisotopic (exact) mass is 456 g/mol. The number of hydrogen-bond donors (Lipinski definition) is 1. The van der Waals surface area contributed by atoms with Crippen LogP contribution in [-0.4, -0.2) is 47.1 Å². The maximum atomic E-state index is 13.0. The molecular formula is C22H21ClN4O3S. The lowest BCUT2D eigenvalue weighted by Gasteiger charge is -2.32. The smallest absolute Gasteiger partial charge is 0.286 e. The predicted octanol–water partition coefficient (Wildman–Crippen LogP) is 4.47. The molecule has 2 aromatic carbocycles. The minimum Gasteiger partial charge on any atom is -0.496 e. The van der Waals surface area contributed by atoms with Gasteiger partial charge in [0.2, 0.25) is 5.01 Å². The second-order valence-electron chi connectivity index (χ2n) is 7.20. The molecule has 0 saturated carbocycles. The zero-order chi connectivity index (χ0) is 21.8. The van der Waals surface area contributed by atoms with Crippen molar-refractivity contribution in [3.63, 3.8) is 0 Å². The summed E-state index contributed by atoms with van der Waals surface area (Å²) >= 11 is 7.22. The van der Waals surface area contributed by atoms with Crippen LogP contribution in [0.3, 0.4) is 0 Å². The quantitative estimate of drug-likeness (QED) is 0.612. The third-order valence-electron chi connectivity index (χ3n) is 5.11. The second kappa shape index (κ2) is 9.45. The van der Waals surface area contributed by atoms with Gasteiger partial charge in [0.25, 0.3) is 11.8 Å². The van der Waals surface area contributed by atoms with E-state index < -0.39 is 0 Å². The van der Waals surface area contributed by atoms with E-state index in [-0.39, 0.29) is 22.7 Å². The van der Waals surface area contributed by atoms with E-state index in [0.29, 0.717) is 35.1 Å². The zero-order valence-electron chi connectivity index (χ0n) is 16.9. The Morgan fingerprint density at radius 1 is 1.19 bits per heavy atom. The Balaban J connectivity index is 1.45. The number of anilines is 1. The van der Waals surface area contributed by atoms with Gasteiger partial charge in [0.05, 0.1) is 12.7 Å². The lowest BCUT2D eigenvalue weighted by Crippen LogP contribution is -2.39. The molecule has 1 saturated heterocycles. The van der Waals surface area contributed by atoms with Crippen molar-refractivity contribution in [2.75, 3.05) is 25.5 Å². The molecule has 1 N–H and O–H groups in total. The third-order valence-corrected chi connectivity index (χ3v) is 6.43. The fraction of sp³-hybridized carbons (Fsp3) is 0.273. The molecule has 160 valence electrons. The number of halogens is 1. The summed E-state index contributed by atoms with van der Waals surface area (Å²) in [5.74, 6) is 0.206. The van der Waals surface area contributed by atoms with E-state index in [1.807, 2.05) is 17.0 Å². The summed E-state index contributed by atoms with van der Waals surface area (Å²) in [6.45, 7) is 1.20. The Morgan fingerprint density at radius 3 is 2.84 bits per heavy atom. The van der Waals surface area contributed by atoms with Crippen molar-refractivity contribution < 1.29 is 14.3 Å². The summed E-state index contributed by atoms with van der Waals surface area (Å²) in [7, 11) is 1.56. The van der Waals surface area contributed by atoms with Crippen molar-refractivity contribution in [1.82, 2.24) is 15.1 Å². The first-order valence-electron chi connectivity index (χ1n) is 9.88. The van der Waals surface area contributed by atoms with Gasteiger partial charge in [-0.3, -0.25) is 9.59 Å². The standard InChI is InChI=1S/C22H21ClN4O3S/c1-30-18-10-3-2-9-17(18)22(29)27-11-5-6-14(13-27)20-25-26-21(31-20)19(28)24-16-8-4-7-15(23)12-16/h2-4,7-10,12,14H,5-6,11,13H2,1H3,(H,24,28). The fourth-order valence-electron chi connectivity index (χ4n) is 3.60. The highest BCUT2D eigenvalue weighted by Crippen LogP contribution is 2.31. The zero-order valence-corrected chi connectivity index (χ0v) is 18.4. The first-order chi connectivity index (χ1) is 15.0. The molecule has 1 fully saturated rings. The molecular weight excluding hydrogens is 436 g/mol. The number of ether oxygens (including phenoxy) is 1. The SMILES string of the molecule is COc1ccccc1C(=O)N1CCCC(c2nnc(C(=O)Nc3cccc(Cl)c3)s2)C1. The number of carbonyl (C=O) groups excluding carboxylic acids is 2. The summed E-state index contributed by atoms with van der Waals surface area (Å²) < 4.78 is 5.33. The predicted molar refractivity (Wildman–Crippen MR) is 120 cm³/mol. The van der Waals surface area contributed by atoms with Crippen LogP contribution in [0.4, 0.5) is 5.69 Å². The Labute approximate surface area is 189 Å². The van der Waals surface area contributed by atoms with Crippen LogP contribution in [0.5, 0.6) is 5.75 Å². The van der Waals surface area contributed by atoms with Crippen LogP contribution >= 0.6 is 22.9 Å². The van der Waals surface area contributed by atoms with E-state index in [4.69, 9.17) is 16.3 Å². The molecule has 1 aliphatic rings. The second-order valence-corrected chi connectivity index (χ2v) is 8.65. The van der Waals surface area contributed by atoms with Gasteiger partial charge in [0.15, 0.2) is 0 Å². The minimum absolute atomic E-state index is 0.0395. The van der Waals surface area contributed by atoms with E-state index in [0.717, 1.165) is 17.8 Å². The molecule has 7 nitrogen and oxygen atoms in total. The number of methoxy groups -OCH3 is 1. The molecule has 1 unspecified atom stereocenters. The molecule has 0 spiro atoms. The van der Waals surface area contributed by atoms with Crippen LogP contribution in [0.25, 0.3) is 0 Å². The van der Waals surface area contributed by atoms with Crippen molar-refractivity contribution in [3.05, 3.63) is 69.1 Å². The molecule has 1 aromatic heterocycles. The lowest BCUT2D eigenvalue weighted by molar-refractivity contribution is 0.0703. The summed E-state index contributed by atoms with van der Waals surface area (Å²) in [4.78, 5) is 27.4. The molecule has 31 heavy (non-hydrogen) atoms. The third kappa shape index (κ3) is 4.86. The van der Waals surface area contributed by atoms with E-state index >= 15 is 0 Å². The van der Waals surface area contributed by atoms with Crippen molar-refractivity contribution in [2.24, 2.45) is 0 Å². The van der Waals surface area contributed by atoms with Gasteiger partial charge in [-0.1, -0.05) is 41.1 Å². The van der Waals surface area contributed by atoms with Gasteiger partial charge >= 0.3 is 0 Å². The number of benzene rings is 2. The molecule has 9 heteroatoms. The van der Waals surface area contributed by atoms with Crippen molar-refractivity contribution in [3.8, 4) is 5.75 Å². The van der Waals surface area contributed by atoms with Crippen molar-refractivity contribution in [2.45, 2.75) is 18.8 Å². The molecule has 1 aliphatic heterocycles. The number of nitrogens with zero attached hydrogens (tertiary/aromatic N) is 3. The highest BCUT2D eigenvalue weighted by molar-refractivity contribution is 7.13. The van der Waals surface area contributed by atoms with Gasteiger partial charge in [-0.25, -0.2) is 0 Å². The number of likely N-dealkylation sites (tertiary alicyclic amines) is 1. The van der Waals surface area contributed by atoms with Crippen LogP contribution in [0.15, 0.2) is 48.5 Å². The molecule has 1 atom stereocenters. The van der Waals surface area contributed by atoms with Gasteiger partial charge in [-0.2, -0.15) is 0 Å². The number of carbonyl (C=O) groups is 2. The van der Waals surface area contributed by atoms with Crippen molar-refractivity contribution >= 4 is 40.4 Å². The molecule has 2 amide bonds. The number of nitrogens with one attached hydrogen (secondary N) is 1. The summed E-state index contributed by atoms with van der Waals surface area (Å²) in [5, 5.41) is 12.7. The summed E-state index contributed by atoms with van der Waals surface area (Å²) in [6.07, 6.45) is 1.75. The Bertz CT molecular complexity index is 1100. The first-order valence-corrected chi connectivity index (χ1v) is 11.1. The molecule has 0 aliphatic carbocycles. The molecule has 3 aromatic rings. The fourth-order valence-corrected chi connectivity index (χ4v) is 4.65. The van der Waals surface area contributed by atoms with E-state index in [2.05, 4.69) is 15.5 Å². The Morgan fingerprint density at radius 2 is 2.03 bits per heavy atom. The molecule has 2 heterocycles. The number of rotatable bonds is 5. The van der Waals surface area contributed by atoms with Gasteiger partial charge in [-0.05, 0) is 43.2 Å². The largest absolute Gasteiger partial charge is 0.496 e. The topological polar surface area (TPSA) is 84.4 Å². The van der Waals surface area contributed by atoms with Gasteiger partial charge in [-0.15, -0.1) is 10.2 Å². The highest BCUT2D eigenvalue weighted by atomic mass is 35.5. The van der Waals surface area contributed by atoms with Crippen LogP contribution in [0.2, 0.25) is 5.02 Å². The summed E-state index contributed by atoms with van der Waals surface area (Å²) in [5.41, 5.74) is 1.14. The number of amides is 2. The van der Waals surface area contributed by atoms with E-state index in [1.54, 1.807) is 43.5 Å². The lowest BCUT2D eigenvalue weighted by atomic mass is 9.98. The number of piperidine rings is 1. The average molecular weight is 457 g/mol. The van der Waals surface area contributed by atoms with E-state index in [1.165, 1.54) is 11.3 Å². The molecule has 0 bridgehead atoms. The molecule has 4 rings (SSSR count). The van der Waals surface area contributed by atoms with Crippen LogP contribution < -0.4 is 10.1 Å². The summed E-state index contributed by atoms with van der Waals surface area (Å²) in [6, 6.07) is 14.1. The van der Waals surface area contributed by atoms with Crippen molar-refractivity contribution in [1.29, 1.82) is 0 Å². The molecule has 0 radical (unpaired) electrons. The number of aromatic nitrogens is 2. The van der Waals surface area contributed by atoms with Gasteiger partial charge in [0, 0.05) is 29.7 Å². The normalized spacial score (nSPS) is 16.1. The van der Waals surface area contributed by atoms with E-state index in [9.17, 15) is 9.59 Å². The Kier molecular flexibility index (Phi) is 6.48. The van der Waals surface area contributed by atoms with Gasteiger partial charge in [0.1, 0.15) is 10.8 Å². The average Bonchev–Trinajstić information content (AvgIpc) is 3.29.